The Morgan fingerprint density at radius 1 is 1.42 bits per heavy atom. The highest BCUT2D eigenvalue weighted by Gasteiger charge is 2.05. The summed E-state index contributed by atoms with van der Waals surface area (Å²) in [5, 5.41) is 12.0. The zero-order valence-electron chi connectivity index (χ0n) is 10.7. The molecule has 2 rings (SSSR count). The number of amides is 1. The number of hydrogen-bond acceptors (Lipinski definition) is 5. The molecule has 0 atom stereocenters. The van der Waals surface area contributed by atoms with Gasteiger partial charge < -0.3 is 11.1 Å². The molecule has 19 heavy (non-hydrogen) atoms. The molecule has 6 heteroatoms. The minimum Gasteiger partial charge on any atom is -0.374 e. The molecule has 0 saturated carbocycles. The monoisotopic (exact) mass is 276 g/mol. The lowest BCUT2D eigenvalue weighted by atomic mass is 10.1. The molecule has 100 valence electrons. The first-order valence-electron chi connectivity index (χ1n) is 6.08. The van der Waals surface area contributed by atoms with Crippen LogP contribution in [0.5, 0.6) is 0 Å². The second-order valence-corrected chi connectivity index (χ2v) is 5.36. The van der Waals surface area contributed by atoms with E-state index >= 15 is 0 Å². The van der Waals surface area contributed by atoms with Gasteiger partial charge in [-0.25, -0.2) is 0 Å². The van der Waals surface area contributed by atoms with E-state index in [-0.39, 0.29) is 5.91 Å². The topological polar surface area (TPSA) is 80.9 Å². The van der Waals surface area contributed by atoms with Crippen molar-refractivity contribution in [1.29, 1.82) is 0 Å². The number of carbonyl (C=O) groups is 1. The van der Waals surface area contributed by atoms with Crippen LogP contribution < -0.4 is 11.1 Å². The summed E-state index contributed by atoms with van der Waals surface area (Å²) in [6.45, 7) is 2.59. The first-order chi connectivity index (χ1) is 9.15. The number of carbonyl (C=O) groups excluding carboxylic acids is 1. The van der Waals surface area contributed by atoms with Crippen molar-refractivity contribution in [2.75, 3.05) is 12.3 Å². The van der Waals surface area contributed by atoms with E-state index in [1.807, 2.05) is 31.2 Å². The molecule has 0 radical (unpaired) electrons. The van der Waals surface area contributed by atoms with Gasteiger partial charge >= 0.3 is 0 Å². The molecule has 1 aromatic carbocycles. The van der Waals surface area contributed by atoms with E-state index in [0.29, 0.717) is 17.2 Å². The molecule has 0 unspecified atom stereocenters. The maximum Gasteiger partial charge on any atom is 0.251 e. The third kappa shape index (κ3) is 4.03. The molecular weight excluding hydrogens is 260 g/mol. The van der Waals surface area contributed by atoms with E-state index < -0.39 is 0 Å². The summed E-state index contributed by atoms with van der Waals surface area (Å²) in [4.78, 5) is 11.9. The van der Waals surface area contributed by atoms with Crippen molar-refractivity contribution in [3.63, 3.8) is 0 Å². The normalized spacial score (nSPS) is 10.4. The van der Waals surface area contributed by atoms with Gasteiger partial charge in [0.15, 0.2) is 0 Å². The van der Waals surface area contributed by atoms with Gasteiger partial charge in [0.25, 0.3) is 5.91 Å². The molecule has 0 aliphatic carbocycles. The molecule has 0 aliphatic rings. The first-order valence-corrected chi connectivity index (χ1v) is 6.89. The lowest BCUT2D eigenvalue weighted by Gasteiger charge is -2.04. The van der Waals surface area contributed by atoms with E-state index in [4.69, 9.17) is 5.73 Å². The summed E-state index contributed by atoms with van der Waals surface area (Å²) in [6.07, 6.45) is 1.61. The van der Waals surface area contributed by atoms with Crippen molar-refractivity contribution in [2.45, 2.75) is 19.8 Å². The van der Waals surface area contributed by atoms with Crippen molar-refractivity contribution in [3.05, 3.63) is 40.4 Å². The highest BCUT2D eigenvalue weighted by molar-refractivity contribution is 7.15. The summed E-state index contributed by atoms with van der Waals surface area (Å²) in [6, 6.07) is 7.54. The van der Waals surface area contributed by atoms with Gasteiger partial charge in [0.2, 0.25) is 5.13 Å². The summed E-state index contributed by atoms with van der Waals surface area (Å²) in [5.74, 6) is -0.0412. The number of nitrogen functional groups attached to an aromatic ring is 1. The Balaban J connectivity index is 1.75. The van der Waals surface area contributed by atoms with Gasteiger partial charge in [-0.3, -0.25) is 4.79 Å². The molecular formula is C13H16N4OS. The van der Waals surface area contributed by atoms with Crippen LogP contribution in [-0.2, 0) is 6.42 Å². The highest BCUT2D eigenvalue weighted by atomic mass is 32.1. The maximum atomic E-state index is 11.9. The predicted octanol–water partition coefficient (Wildman–Crippen LogP) is 1.79. The van der Waals surface area contributed by atoms with Gasteiger partial charge in [0.05, 0.1) is 0 Å². The summed E-state index contributed by atoms with van der Waals surface area (Å²) >= 11 is 1.39. The third-order valence-corrected chi connectivity index (χ3v) is 3.43. The quantitative estimate of drug-likeness (QED) is 0.816. The largest absolute Gasteiger partial charge is 0.374 e. The number of benzene rings is 1. The summed E-state index contributed by atoms with van der Waals surface area (Å²) in [7, 11) is 0. The molecule has 0 aliphatic heterocycles. The van der Waals surface area contributed by atoms with Crippen molar-refractivity contribution in [1.82, 2.24) is 15.5 Å². The Morgan fingerprint density at radius 3 is 2.95 bits per heavy atom. The average molecular weight is 276 g/mol. The van der Waals surface area contributed by atoms with Crippen LogP contribution >= 0.6 is 11.3 Å². The van der Waals surface area contributed by atoms with Crippen LogP contribution in [0.2, 0.25) is 0 Å². The van der Waals surface area contributed by atoms with Crippen molar-refractivity contribution in [2.24, 2.45) is 0 Å². The van der Waals surface area contributed by atoms with Gasteiger partial charge in [-0.1, -0.05) is 29.0 Å². The summed E-state index contributed by atoms with van der Waals surface area (Å²) < 4.78 is 0. The summed E-state index contributed by atoms with van der Waals surface area (Å²) in [5.41, 5.74) is 7.27. The number of anilines is 1. The Labute approximate surface area is 115 Å². The molecule has 0 fully saturated rings. The molecule has 0 bridgehead atoms. The minimum absolute atomic E-state index is 0.0412. The van der Waals surface area contributed by atoms with Crippen LogP contribution in [0.3, 0.4) is 0 Å². The van der Waals surface area contributed by atoms with Crippen molar-refractivity contribution >= 4 is 22.4 Å². The smallest absolute Gasteiger partial charge is 0.251 e. The minimum atomic E-state index is -0.0412. The molecule has 0 saturated heterocycles. The molecule has 1 heterocycles. The van der Waals surface area contributed by atoms with Crippen LogP contribution in [0.25, 0.3) is 0 Å². The van der Waals surface area contributed by atoms with Crippen molar-refractivity contribution < 1.29 is 4.79 Å². The van der Waals surface area contributed by atoms with Gasteiger partial charge in [0.1, 0.15) is 5.01 Å². The van der Waals surface area contributed by atoms with E-state index in [1.54, 1.807) is 0 Å². The van der Waals surface area contributed by atoms with E-state index in [9.17, 15) is 4.79 Å². The van der Waals surface area contributed by atoms with Crippen LogP contribution in [0.4, 0.5) is 5.13 Å². The van der Waals surface area contributed by atoms with Crippen LogP contribution in [0.15, 0.2) is 24.3 Å². The first kappa shape index (κ1) is 13.5. The fourth-order valence-electron chi connectivity index (χ4n) is 1.70. The van der Waals surface area contributed by atoms with Crippen molar-refractivity contribution in [3.8, 4) is 0 Å². The fourth-order valence-corrected chi connectivity index (χ4v) is 2.35. The Morgan fingerprint density at radius 2 is 2.26 bits per heavy atom. The van der Waals surface area contributed by atoms with E-state index in [2.05, 4.69) is 15.5 Å². The number of hydrogen-bond donors (Lipinski definition) is 2. The highest BCUT2D eigenvalue weighted by Crippen LogP contribution is 2.12. The lowest BCUT2D eigenvalue weighted by Crippen LogP contribution is -2.24. The van der Waals surface area contributed by atoms with Gasteiger partial charge in [-0.2, -0.15) is 0 Å². The molecule has 3 N–H and O–H groups in total. The second kappa shape index (κ2) is 6.29. The standard InChI is InChI=1S/C13H16N4OS/c1-9-4-2-5-10(8-9)12(18)15-7-3-6-11-16-17-13(14)19-11/h2,4-5,8H,3,6-7H2,1H3,(H2,14,17)(H,15,18). The number of rotatable bonds is 5. The van der Waals surface area contributed by atoms with E-state index in [1.165, 1.54) is 11.3 Å². The van der Waals surface area contributed by atoms with Crippen LogP contribution in [0, 0.1) is 6.92 Å². The number of aryl methyl sites for hydroxylation is 2. The molecule has 1 amide bonds. The number of aromatic nitrogens is 2. The lowest BCUT2D eigenvalue weighted by molar-refractivity contribution is 0.0953. The SMILES string of the molecule is Cc1cccc(C(=O)NCCCc2nnc(N)s2)c1. The Hall–Kier alpha value is -1.95. The Bertz CT molecular complexity index is 567. The zero-order chi connectivity index (χ0) is 13.7. The van der Waals surface area contributed by atoms with Crippen LogP contribution in [-0.4, -0.2) is 22.6 Å². The fraction of sp³-hybridized carbons (Fsp3) is 0.308. The van der Waals surface area contributed by atoms with Crippen LogP contribution in [0.1, 0.15) is 27.3 Å². The number of nitrogens with zero attached hydrogens (tertiary/aromatic N) is 2. The third-order valence-electron chi connectivity index (χ3n) is 2.62. The number of nitrogens with two attached hydrogens (primary N) is 1. The van der Waals surface area contributed by atoms with Gasteiger partial charge in [-0.05, 0) is 25.5 Å². The van der Waals surface area contributed by atoms with Gasteiger partial charge in [-0.15, -0.1) is 10.2 Å². The molecule has 0 spiro atoms. The maximum absolute atomic E-state index is 11.9. The molecule has 1 aromatic heterocycles. The molecule has 2 aromatic rings. The average Bonchev–Trinajstić information content (AvgIpc) is 2.80. The molecule has 5 nitrogen and oxygen atoms in total. The predicted molar refractivity (Wildman–Crippen MR) is 76.2 cm³/mol. The zero-order valence-corrected chi connectivity index (χ0v) is 11.5. The van der Waals surface area contributed by atoms with Gasteiger partial charge in [0, 0.05) is 18.5 Å². The van der Waals surface area contributed by atoms with E-state index in [0.717, 1.165) is 23.4 Å². The second-order valence-electron chi connectivity index (χ2n) is 4.26. The number of nitrogens with one attached hydrogen (secondary N) is 1. The Kier molecular flexibility index (Phi) is 4.46.